The average Bonchev–Trinajstić information content (AvgIpc) is 2.01. The van der Waals surface area contributed by atoms with Crippen molar-refractivity contribution in [3.8, 4) is 0 Å². The maximum atomic E-state index is 11.9. The van der Waals surface area contributed by atoms with E-state index in [1.54, 1.807) is 0 Å². The Morgan fingerprint density at radius 2 is 2.00 bits per heavy atom. The van der Waals surface area contributed by atoms with Crippen molar-refractivity contribution in [2.75, 3.05) is 12.4 Å². The first-order chi connectivity index (χ1) is 6.33. The van der Waals surface area contributed by atoms with Crippen LogP contribution in [0.1, 0.15) is 19.8 Å². The van der Waals surface area contributed by atoms with Crippen LogP contribution in [0.5, 0.6) is 0 Å². The van der Waals surface area contributed by atoms with E-state index in [9.17, 15) is 21.5 Å². The van der Waals surface area contributed by atoms with E-state index in [1.165, 1.54) is 6.92 Å². The topological polar surface area (TPSA) is 60.4 Å². The molecule has 0 aromatic heterocycles. The summed E-state index contributed by atoms with van der Waals surface area (Å²) in [7, 11) is -4.44. The lowest BCUT2D eigenvalue weighted by Gasteiger charge is -2.06. The molecule has 0 aromatic carbocycles. The summed E-state index contributed by atoms with van der Waals surface area (Å²) in [5.74, 6) is -0.575. The van der Waals surface area contributed by atoms with Crippen LogP contribution in [0.15, 0.2) is 0 Å². The maximum Gasteiger partial charge on any atom is 0.329 e. The highest BCUT2D eigenvalue weighted by Crippen LogP contribution is 2.01. The molecule has 1 atom stereocenters. The van der Waals surface area contributed by atoms with Crippen LogP contribution in [0.2, 0.25) is 0 Å². The Hall–Kier alpha value is -0.560. The summed E-state index contributed by atoms with van der Waals surface area (Å²) in [5, 5.41) is 0. The Morgan fingerprint density at radius 3 is 2.43 bits per heavy atom. The van der Waals surface area contributed by atoms with Gasteiger partial charge in [0.15, 0.2) is 0 Å². The molecule has 0 radical (unpaired) electrons. The molecule has 0 saturated heterocycles. The number of hydrogen-bond acceptors (Lipinski definition) is 4. The van der Waals surface area contributed by atoms with Crippen LogP contribution in [0, 0.1) is 0 Å². The van der Waals surface area contributed by atoms with E-state index >= 15 is 0 Å². The normalized spacial score (nSPS) is 13.9. The highest BCUT2D eigenvalue weighted by Gasteiger charge is 2.11. The third-order valence-corrected chi connectivity index (χ3v) is 2.25. The van der Waals surface area contributed by atoms with Crippen LogP contribution < -0.4 is 0 Å². The van der Waals surface area contributed by atoms with Gasteiger partial charge in [0.2, 0.25) is 0 Å². The first-order valence-corrected chi connectivity index (χ1v) is 5.61. The number of carbonyl (C=O) groups is 1. The van der Waals surface area contributed by atoms with Crippen molar-refractivity contribution in [2.24, 2.45) is 0 Å². The predicted molar refractivity (Wildman–Crippen MR) is 45.7 cm³/mol. The smallest absolute Gasteiger partial charge is 0.329 e. The minimum Gasteiger partial charge on any atom is -0.368 e. The van der Waals surface area contributed by atoms with Crippen molar-refractivity contribution in [3.05, 3.63) is 0 Å². The quantitative estimate of drug-likeness (QED) is 0.483. The Balaban J connectivity index is 3.44. The molecule has 0 fully saturated rings. The van der Waals surface area contributed by atoms with Crippen molar-refractivity contribution in [2.45, 2.75) is 25.9 Å². The lowest BCUT2D eigenvalue weighted by atomic mass is 10.3. The van der Waals surface area contributed by atoms with E-state index in [0.29, 0.717) is 0 Å². The SMILES string of the molecule is CC(OCCCCS(=O)(=O)F)C(=O)F. The van der Waals surface area contributed by atoms with Gasteiger partial charge < -0.3 is 4.74 Å². The van der Waals surface area contributed by atoms with Crippen molar-refractivity contribution in [1.29, 1.82) is 0 Å². The van der Waals surface area contributed by atoms with E-state index in [-0.39, 0.29) is 19.4 Å². The standard InChI is InChI=1S/C7H12F2O4S/c1-6(7(8)10)13-4-2-3-5-14(9,11)12/h6H,2-5H2,1H3. The zero-order chi connectivity index (χ0) is 11.2. The van der Waals surface area contributed by atoms with Crippen LogP contribution in [0.25, 0.3) is 0 Å². The predicted octanol–water partition coefficient (Wildman–Crippen LogP) is 0.967. The Morgan fingerprint density at radius 1 is 1.43 bits per heavy atom. The fourth-order valence-electron chi connectivity index (χ4n) is 0.702. The van der Waals surface area contributed by atoms with E-state index in [1.807, 2.05) is 0 Å². The van der Waals surface area contributed by atoms with Gasteiger partial charge in [-0.05, 0) is 19.8 Å². The van der Waals surface area contributed by atoms with Crippen molar-refractivity contribution in [3.63, 3.8) is 0 Å². The molecule has 14 heavy (non-hydrogen) atoms. The van der Waals surface area contributed by atoms with Gasteiger partial charge in [-0.1, -0.05) is 0 Å². The molecule has 0 N–H and O–H groups in total. The molecule has 0 aliphatic rings. The van der Waals surface area contributed by atoms with Gasteiger partial charge in [-0.15, -0.1) is 3.89 Å². The van der Waals surface area contributed by atoms with Gasteiger partial charge in [-0.25, -0.2) is 0 Å². The minimum atomic E-state index is -4.44. The molecule has 0 saturated carbocycles. The fraction of sp³-hybridized carbons (Fsp3) is 0.857. The highest BCUT2D eigenvalue weighted by molar-refractivity contribution is 7.86. The molecule has 0 heterocycles. The van der Waals surface area contributed by atoms with Crippen LogP contribution in [0.4, 0.5) is 8.28 Å². The summed E-state index contributed by atoms with van der Waals surface area (Å²) in [6.45, 7) is 1.28. The van der Waals surface area contributed by atoms with Gasteiger partial charge in [0.05, 0.1) is 5.75 Å². The minimum absolute atomic E-state index is 0.0341. The Kier molecular flexibility index (Phi) is 5.78. The van der Waals surface area contributed by atoms with E-state index in [2.05, 4.69) is 4.74 Å². The monoisotopic (exact) mass is 230 g/mol. The Bertz CT molecular complexity index is 275. The first kappa shape index (κ1) is 13.4. The summed E-state index contributed by atoms with van der Waals surface area (Å²) >= 11 is 0. The molecule has 0 amide bonds. The Labute approximate surface area is 81.5 Å². The van der Waals surface area contributed by atoms with Crippen LogP contribution >= 0.6 is 0 Å². The lowest BCUT2D eigenvalue weighted by molar-refractivity contribution is -0.140. The summed E-state index contributed by atoms with van der Waals surface area (Å²) in [5.41, 5.74) is 0. The summed E-state index contributed by atoms with van der Waals surface area (Å²) < 4.78 is 48.5. The second-order valence-electron chi connectivity index (χ2n) is 2.77. The van der Waals surface area contributed by atoms with E-state index < -0.39 is 28.1 Å². The number of hydrogen-bond donors (Lipinski definition) is 0. The fourth-order valence-corrected chi connectivity index (χ4v) is 1.25. The molecule has 0 aliphatic heterocycles. The van der Waals surface area contributed by atoms with Gasteiger partial charge in [-0.2, -0.15) is 12.8 Å². The average molecular weight is 230 g/mol. The van der Waals surface area contributed by atoms with E-state index in [4.69, 9.17) is 0 Å². The molecular formula is C7H12F2O4S. The number of carbonyl (C=O) groups excluding carboxylic acids is 1. The molecule has 4 nitrogen and oxygen atoms in total. The molecule has 7 heteroatoms. The zero-order valence-corrected chi connectivity index (χ0v) is 8.52. The van der Waals surface area contributed by atoms with Gasteiger partial charge in [0, 0.05) is 6.61 Å². The largest absolute Gasteiger partial charge is 0.368 e. The number of halogens is 2. The molecule has 0 aromatic rings. The zero-order valence-electron chi connectivity index (χ0n) is 7.70. The first-order valence-electron chi connectivity index (χ1n) is 4.06. The van der Waals surface area contributed by atoms with Crippen LogP contribution in [-0.4, -0.2) is 32.9 Å². The lowest BCUT2D eigenvalue weighted by Crippen LogP contribution is -2.17. The molecule has 0 rings (SSSR count). The second-order valence-corrected chi connectivity index (χ2v) is 4.25. The van der Waals surface area contributed by atoms with Gasteiger partial charge in [0.1, 0.15) is 6.10 Å². The number of ether oxygens (including phenoxy) is 1. The molecule has 0 spiro atoms. The molecule has 1 unspecified atom stereocenters. The number of rotatable bonds is 7. The maximum absolute atomic E-state index is 11.9. The van der Waals surface area contributed by atoms with Gasteiger partial charge >= 0.3 is 16.3 Å². The molecule has 0 aliphatic carbocycles. The highest BCUT2D eigenvalue weighted by atomic mass is 32.3. The third-order valence-electron chi connectivity index (χ3n) is 1.47. The third kappa shape index (κ3) is 8.06. The summed E-state index contributed by atoms with van der Waals surface area (Å²) in [6, 6.07) is -1.58. The van der Waals surface area contributed by atoms with Crippen LogP contribution in [-0.2, 0) is 19.8 Å². The summed E-state index contributed by atoms with van der Waals surface area (Å²) in [6.07, 6.45) is -0.788. The van der Waals surface area contributed by atoms with Gasteiger partial charge in [-0.3, -0.25) is 4.79 Å². The van der Waals surface area contributed by atoms with Crippen molar-refractivity contribution < 1.29 is 26.2 Å². The van der Waals surface area contributed by atoms with E-state index in [0.717, 1.165) is 0 Å². The van der Waals surface area contributed by atoms with Gasteiger partial charge in [0.25, 0.3) is 0 Å². The summed E-state index contributed by atoms with van der Waals surface area (Å²) in [4.78, 5) is 10.0. The number of unbranched alkanes of at least 4 members (excludes halogenated alkanes) is 1. The molecular weight excluding hydrogens is 218 g/mol. The van der Waals surface area contributed by atoms with Crippen molar-refractivity contribution >= 4 is 16.3 Å². The molecule has 0 bridgehead atoms. The van der Waals surface area contributed by atoms with Crippen molar-refractivity contribution in [1.82, 2.24) is 0 Å². The molecule has 84 valence electrons. The van der Waals surface area contributed by atoms with Crippen LogP contribution in [0.3, 0.4) is 0 Å². The second kappa shape index (κ2) is 6.02.